The van der Waals surface area contributed by atoms with Crippen molar-refractivity contribution >= 4 is 29.7 Å². The quantitative estimate of drug-likeness (QED) is 0.287. The summed E-state index contributed by atoms with van der Waals surface area (Å²) in [5.74, 6) is -3.22. The fraction of sp³-hybridized carbons (Fsp3) is 0.211. The van der Waals surface area contributed by atoms with Gasteiger partial charge in [0, 0.05) is 20.0 Å². The Morgan fingerprint density at radius 2 is 1.31 bits per heavy atom. The molecule has 3 fully saturated rings. The van der Waals surface area contributed by atoms with E-state index < -0.39 is 29.3 Å². The summed E-state index contributed by atoms with van der Waals surface area (Å²) in [5, 5.41) is 0. The molecule has 4 aromatic carbocycles. The van der Waals surface area contributed by atoms with Gasteiger partial charge < -0.3 is 9.80 Å². The lowest BCUT2D eigenvalue weighted by molar-refractivity contribution is -0.168. The average molecular weight is 596 g/mol. The highest BCUT2D eigenvalue weighted by Gasteiger charge is 2.73. The second kappa shape index (κ2) is 11.3. The van der Waals surface area contributed by atoms with Crippen LogP contribution in [0.1, 0.15) is 16.7 Å². The van der Waals surface area contributed by atoms with Crippen LogP contribution in [0.25, 0.3) is 17.2 Å². The van der Waals surface area contributed by atoms with Crippen LogP contribution in [0.3, 0.4) is 0 Å². The molecule has 45 heavy (non-hydrogen) atoms. The standard InChI is InChI=1S/C38H33N3O4/c1-39-35(43)33-31(22-19-26-11-5-2-6-12-26)41-32(42)25-40(24-28-17-20-30(21-18-28)29-15-9-4-10-16-29)37(45)38(41,34(33)36(39)44)23-27-13-7-3-8-14-27/h2-22,31,33-34H,23-25H2,1H3/b22-19+/t31-,33+,34-,38-/m1/s1. The third kappa shape index (κ3) is 4.75. The molecule has 0 bridgehead atoms. The first-order valence-electron chi connectivity index (χ1n) is 15.2. The Morgan fingerprint density at radius 3 is 1.98 bits per heavy atom. The van der Waals surface area contributed by atoms with E-state index in [1.54, 1.807) is 9.80 Å². The van der Waals surface area contributed by atoms with E-state index in [-0.39, 0.29) is 37.2 Å². The van der Waals surface area contributed by atoms with Crippen LogP contribution >= 0.6 is 0 Å². The molecule has 3 heterocycles. The van der Waals surface area contributed by atoms with Crippen LogP contribution in [0.5, 0.6) is 0 Å². The third-order valence-corrected chi connectivity index (χ3v) is 9.47. The lowest BCUT2D eigenvalue weighted by Gasteiger charge is -2.48. The van der Waals surface area contributed by atoms with Gasteiger partial charge in [-0.05, 0) is 27.8 Å². The number of fused-ring (bicyclic) bond motifs is 3. The van der Waals surface area contributed by atoms with Crippen molar-refractivity contribution in [3.8, 4) is 11.1 Å². The number of carbonyl (C=O) groups excluding carboxylic acids is 4. The van der Waals surface area contributed by atoms with E-state index >= 15 is 0 Å². The molecule has 7 heteroatoms. The number of carbonyl (C=O) groups is 4. The molecule has 7 nitrogen and oxygen atoms in total. The van der Waals surface area contributed by atoms with Gasteiger partial charge in [0.15, 0.2) is 0 Å². The molecule has 7 rings (SSSR count). The van der Waals surface area contributed by atoms with E-state index in [0.29, 0.717) is 0 Å². The van der Waals surface area contributed by atoms with Gasteiger partial charge >= 0.3 is 0 Å². The molecule has 0 saturated carbocycles. The molecule has 3 aliphatic heterocycles. The lowest BCUT2D eigenvalue weighted by atomic mass is 9.74. The van der Waals surface area contributed by atoms with Crippen molar-refractivity contribution in [1.82, 2.24) is 14.7 Å². The predicted octanol–water partition coefficient (Wildman–Crippen LogP) is 4.83. The van der Waals surface area contributed by atoms with Gasteiger partial charge in [-0.2, -0.15) is 0 Å². The highest BCUT2D eigenvalue weighted by Crippen LogP contribution is 2.53. The zero-order valence-corrected chi connectivity index (χ0v) is 25.0. The molecule has 0 radical (unpaired) electrons. The summed E-state index contributed by atoms with van der Waals surface area (Å²) in [6.45, 7) is 0.0764. The molecule has 0 unspecified atom stereocenters. The highest BCUT2D eigenvalue weighted by molar-refractivity contribution is 6.13. The SMILES string of the molecule is CN1C(=O)[C@H]2[C@@H](/C=C/c3ccccc3)N3C(=O)CN(Cc4ccc(-c5ccccc5)cc4)C(=O)[C@@]3(Cc3ccccc3)[C@H]2C1=O. The molecule has 0 aliphatic carbocycles. The number of rotatable bonds is 7. The fourth-order valence-electron chi connectivity index (χ4n) is 7.41. The zero-order valence-electron chi connectivity index (χ0n) is 25.0. The van der Waals surface area contributed by atoms with Gasteiger partial charge in [-0.25, -0.2) is 0 Å². The smallest absolute Gasteiger partial charge is 0.250 e. The normalized spacial score (nSPS) is 24.5. The molecule has 3 saturated heterocycles. The molecular weight excluding hydrogens is 562 g/mol. The van der Waals surface area contributed by atoms with Crippen LogP contribution in [-0.2, 0) is 32.1 Å². The van der Waals surface area contributed by atoms with Gasteiger partial charge in [0.2, 0.25) is 17.7 Å². The zero-order chi connectivity index (χ0) is 31.1. The minimum absolute atomic E-state index is 0.131. The Hall–Kier alpha value is -5.30. The van der Waals surface area contributed by atoms with Crippen LogP contribution < -0.4 is 0 Å². The number of nitrogens with zero attached hydrogens (tertiary/aromatic N) is 3. The second-order valence-electron chi connectivity index (χ2n) is 12.1. The molecule has 224 valence electrons. The lowest BCUT2D eigenvalue weighted by Crippen LogP contribution is -2.70. The molecule has 4 atom stereocenters. The maximum atomic E-state index is 14.9. The summed E-state index contributed by atoms with van der Waals surface area (Å²) >= 11 is 0. The first kappa shape index (κ1) is 28.5. The maximum Gasteiger partial charge on any atom is 0.250 e. The summed E-state index contributed by atoms with van der Waals surface area (Å²) in [5.41, 5.74) is 3.19. The van der Waals surface area contributed by atoms with Crippen molar-refractivity contribution in [3.63, 3.8) is 0 Å². The Balaban J connectivity index is 1.30. The first-order chi connectivity index (χ1) is 21.9. The van der Waals surface area contributed by atoms with E-state index in [4.69, 9.17) is 0 Å². The van der Waals surface area contributed by atoms with E-state index in [2.05, 4.69) is 0 Å². The summed E-state index contributed by atoms with van der Waals surface area (Å²) in [6.07, 6.45) is 3.83. The number of piperazine rings is 1. The van der Waals surface area contributed by atoms with E-state index in [1.165, 1.54) is 7.05 Å². The van der Waals surface area contributed by atoms with Crippen molar-refractivity contribution in [1.29, 1.82) is 0 Å². The number of amides is 4. The molecule has 0 aromatic heterocycles. The Morgan fingerprint density at radius 1 is 0.711 bits per heavy atom. The molecule has 3 aliphatic rings. The number of likely N-dealkylation sites (tertiary alicyclic amines) is 1. The number of benzene rings is 4. The number of hydrogen-bond donors (Lipinski definition) is 0. The predicted molar refractivity (Wildman–Crippen MR) is 171 cm³/mol. The van der Waals surface area contributed by atoms with Gasteiger partial charge in [-0.3, -0.25) is 24.1 Å². The summed E-state index contributed by atoms with van der Waals surface area (Å²) in [6, 6.07) is 36.3. The first-order valence-corrected chi connectivity index (χ1v) is 15.2. The minimum Gasteiger partial charge on any atom is -0.327 e. The van der Waals surface area contributed by atoms with Crippen LogP contribution in [0, 0.1) is 11.8 Å². The van der Waals surface area contributed by atoms with Gasteiger partial charge in [0.05, 0.1) is 17.9 Å². The number of hydrogen-bond acceptors (Lipinski definition) is 4. The topological polar surface area (TPSA) is 78.0 Å². The van der Waals surface area contributed by atoms with Gasteiger partial charge in [-0.15, -0.1) is 0 Å². The molecule has 4 amide bonds. The van der Waals surface area contributed by atoms with Crippen molar-refractivity contribution in [2.45, 2.75) is 24.5 Å². The molecule has 4 aromatic rings. The van der Waals surface area contributed by atoms with Crippen molar-refractivity contribution in [2.75, 3.05) is 13.6 Å². The van der Waals surface area contributed by atoms with Crippen LogP contribution in [-0.4, -0.2) is 63.5 Å². The van der Waals surface area contributed by atoms with Crippen molar-refractivity contribution < 1.29 is 19.2 Å². The van der Waals surface area contributed by atoms with Crippen LogP contribution in [0.4, 0.5) is 0 Å². The Bertz CT molecular complexity index is 1790. The highest BCUT2D eigenvalue weighted by atomic mass is 16.2. The average Bonchev–Trinajstić information content (AvgIpc) is 3.49. The largest absolute Gasteiger partial charge is 0.327 e. The summed E-state index contributed by atoms with van der Waals surface area (Å²) in [4.78, 5) is 61.1. The molecule has 0 spiro atoms. The van der Waals surface area contributed by atoms with Crippen molar-refractivity contribution in [2.24, 2.45) is 11.8 Å². The van der Waals surface area contributed by atoms with E-state index in [9.17, 15) is 19.2 Å². The van der Waals surface area contributed by atoms with Crippen LogP contribution in [0.15, 0.2) is 121 Å². The summed E-state index contributed by atoms with van der Waals surface area (Å²) in [7, 11) is 1.47. The second-order valence-corrected chi connectivity index (χ2v) is 12.1. The Labute approximate surface area is 262 Å². The maximum absolute atomic E-state index is 14.9. The van der Waals surface area contributed by atoms with Gasteiger partial charge in [-0.1, -0.05) is 127 Å². The summed E-state index contributed by atoms with van der Waals surface area (Å²) < 4.78 is 0. The number of imide groups is 1. The monoisotopic (exact) mass is 595 g/mol. The van der Waals surface area contributed by atoms with Crippen molar-refractivity contribution in [3.05, 3.63) is 138 Å². The van der Waals surface area contributed by atoms with E-state index in [0.717, 1.165) is 32.7 Å². The fourth-order valence-corrected chi connectivity index (χ4v) is 7.41. The van der Waals surface area contributed by atoms with Gasteiger partial charge in [0.1, 0.15) is 12.1 Å². The minimum atomic E-state index is -1.55. The van der Waals surface area contributed by atoms with Gasteiger partial charge in [0.25, 0.3) is 5.91 Å². The molecular formula is C38H33N3O4. The van der Waals surface area contributed by atoms with Crippen LogP contribution in [0.2, 0.25) is 0 Å². The third-order valence-electron chi connectivity index (χ3n) is 9.47. The Kier molecular flexibility index (Phi) is 7.16. The molecule has 0 N–H and O–H groups in total. The van der Waals surface area contributed by atoms with E-state index in [1.807, 2.05) is 127 Å².